The van der Waals surface area contributed by atoms with Crippen molar-refractivity contribution in [2.75, 3.05) is 12.5 Å². The number of hydrogen-bond donors (Lipinski definition) is 2. The standard InChI is InChI=1S/C22H21N5O7/c1-12-5-3-4-6-14(12)20(28)17-10-8-15-19(22(30)24(2)21(15)29)25(17)23-16-9-7-13(26(31)32)11-18(16)27(33)34/h3-11,15,17,19-20,23,28H,1-2H3. The van der Waals surface area contributed by atoms with Crippen molar-refractivity contribution in [3.8, 4) is 0 Å². The molecule has 4 unspecified atom stereocenters. The third kappa shape index (κ3) is 3.78. The smallest absolute Gasteiger partial charge is 0.300 e. The number of non-ortho nitro benzene ring substituents is 1. The summed E-state index contributed by atoms with van der Waals surface area (Å²) in [5, 5.41) is 35.3. The van der Waals surface area contributed by atoms with Crippen molar-refractivity contribution in [2.24, 2.45) is 5.92 Å². The zero-order valence-electron chi connectivity index (χ0n) is 18.2. The summed E-state index contributed by atoms with van der Waals surface area (Å²) in [6.07, 6.45) is 1.98. The fraction of sp³-hybridized carbons (Fsp3) is 0.273. The first-order chi connectivity index (χ1) is 16.1. The van der Waals surface area contributed by atoms with Gasteiger partial charge in [0.1, 0.15) is 17.8 Å². The highest BCUT2D eigenvalue weighted by molar-refractivity contribution is 6.08. The molecule has 2 aromatic rings. The number of nitrogens with zero attached hydrogens (tertiary/aromatic N) is 4. The average molecular weight is 467 g/mol. The minimum atomic E-state index is -1.16. The molecule has 2 aliphatic rings. The first kappa shape index (κ1) is 23.0. The monoisotopic (exact) mass is 467 g/mol. The van der Waals surface area contributed by atoms with Crippen molar-refractivity contribution < 1.29 is 24.5 Å². The molecule has 1 saturated heterocycles. The maximum Gasteiger partial charge on any atom is 0.300 e. The lowest BCUT2D eigenvalue weighted by molar-refractivity contribution is -0.393. The number of aryl methyl sites for hydroxylation is 1. The molecule has 2 heterocycles. The van der Waals surface area contributed by atoms with Crippen LogP contribution in [-0.4, -0.2) is 55.8 Å². The van der Waals surface area contributed by atoms with Gasteiger partial charge < -0.3 is 10.5 Å². The Morgan fingerprint density at radius 3 is 2.38 bits per heavy atom. The van der Waals surface area contributed by atoms with E-state index in [1.807, 2.05) is 19.1 Å². The lowest BCUT2D eigenvalue weighted by atomic mass is 9.89. The molecule has 4 atom stereocenters. The number of carbonyl (C=O) groups excluding carboxylic acids is 2. The van der Waals surface area contributed by atoms with E-state index in [1.54, 1.807) is 24.3 Å². The number of likely N-dealkylation sites (N-methyl/N-ethyl adjacent to an activating group) is 1. The molecule has 0 radical (unpaired) electrons. The van der Waals surface area contributed by atoms with Crippen molar-refractivity contribution in [3.05, 3.63) is 86.0 Å². The average Bonchev–Trinajstić information content (AvgIpc) is 3.03. The van der Waals surface area contributed by atoms with Crippen molar-refractivity contribution in [3.63, 3.8) is 0 Å². The Bertz CT molecular complexity index is 1230. The number of nitro groups is 2. The van der Waals surface area contributed by atoms with E-state index < -0.39 is 57.1 Å². The molecular weight excluding hydrogens is 446 g/mol. The van der Waals surface area contributed by atoms with Gasteiger partial charge in [-0.15, -0.1) is 0 Å². The second-order valence-electron chi connectivity index (χ2n) is 8.12. The Hall–Kier alpha value is -4.16. The SMILES string of the molecule is Cc1ccccc1C(O)C1C=CC2C(=O)N(C)C(=O)C2N1Nc1ccc([N+](=O)[O-])cc1[N+](=O)[O-]. The topological polar surface area (TPSA) is 159 Å². The molecule has 2 aliphatic heterocycles. The van der Waals surface area contributed by atoms with Crippen LogP contribution in [0.2, 0.25) is 0 Å². The van der Waals surface area contributed by atoms with Crippen LogP contribution in [0.15, 0.2) is 54.6 Å². The van der Waals surface area contributed by atoms with Gasteiger partial charge in [-0.1, -0.05) is 36.4 Å². The largest absolute Gasteiger partial charge is 0.386 e. The van der Waals surface area contributed by atoms with Crippen LogP contribution in [0.3, 0.4) is 0 Å². The molecule has 2 aromatic carbocycles. The summed E-state index contributed by atoms with van der Waals surface area (Å²) in [6, 6.07) is 8.17. The Balaban J connectivity index is 1.80. The molecular formula is C22H21N5O7. The summed E-state index contributed by atoms with van der Waals surface area (Å²) >= 11 is 0. The Labute approximate surface area is 193 Å². The fourth-order valence-electron chi connectivity index (χ4n) is 4.33. The van der Waals surface area contributed by atoms with Crippen LogP contribution in [0.5, 0.6) is 0 Å². The molecule has 12 nitrogen and oxygen atoms in total. The predicted octanol–water partition coefficient (Wildman–Crippen LogP) is 2.10. The number of imide groups is 1. The minimum absolute atomic E-state index is 0.124. The van der Waals surface area contributed by atoms with Crippen molar-refractivity contribution in [1.82, 2.24) is 9.91 Å². The number of hydrazine groups is 1. The Morgan fingerprint density at radius 1 is 1.03 bits per heavy atom. The van der Waals surface area contributed by atoms with Gasteiger partial charge >= 0.3 is 5.69 Å². The highest BCUT2D eigenvalue weighted by Gasteiger charge is 2.52. The van der Waals surface area contributed by atoms with E-state index in [0.29, 0.717) is 5.56 Å². The van der Waals surface area contributed by atoms with Crippen molar-refractivity contribution in [2.45, 2.75) is 25.1 Å². The maximum atomic E-state index is 13.0. The molecule has 12 heteroatoms. The summed E-state index contributed by atoms with van der Waals surface area (Å²) < 4.78 is 0. The zero-order valence-corrected chi connectivity index (χ0v) is 18.2. The van der Waals surface area contributed by atoms with Crippen LogP contribution < -0.4 is 5.43 Å². The highest BCUT2D eigenvalue weighted by Crippen LogP contribution is 2.38. The summed E-state index contributed by atoms with van der Waals surface area (Å²) in [5.41, 5.74) is 3.00. The number of fused-ring (bicyclic) bond motifs is 1. The number of aliphatic hydroxyl groups excluding tert-OH is 1. The van der Waals surface area contributed by atoms with Gasteiger partial charge in [0.15, 0.2) is 0 Å². The summed E-state index contributed by atoms with van der Waals surface area (Å²) in [7, 11) is 1.34. The quantitative estimate of drug-likeness (QED) is 0.281. The molecule has 1 fully saturated rings. The molecule has 4 rings (SSSR count). The number of anilines is 1. The number of hydrogen-bond acceptors (Lipinski definition) is 9. The molecule has 0 saturated carbocycles. The third-order valence-electron chi connectivity index (χ3n) is 6.14. The number of rotatable bonds is 6. The van der Waals surface area contributed by atoms with Gasteiger partial charge in [0.2, 0.25) is 11.8 Å². The Kier molecular flexibility index (Phi) is 5.85. The van der Waals surface area contributed by atoms with Crippen molar-refractivity contribution in [1.29, 1.82) is 0 Å². The van der Waals surface area contributed by atoms with Crippen LogP contribution in [0, 0.1) is 33.1 Å². The van der Waals surface area contributed by atoms with Gasteiger partial charge in [-0.3, -0.25) is 34.7 Å². The molecule has 2 amide bonds. The van der Waals surface area contributed by atoms with Crippen molar-refractivity contribution >= 4 is 28.9 Å². The summed E-state index contributed by atoms with van der Waals surface area (Å²) in [4.78, 5) is 47.7. The molecule has 2 N–H and O–H groups in total. The molecule has 0 spiro atoms. The van der Waals surface area contributed by atoms with Gasteiger partial charge in [0.25, 0.3) is 5.69 Å². The van der Waals surface area contributed by atoms with Crippen LogP contribution in [0.4, 0.5) is 17.1 Å². The number of amides is 2. The zero-order chi connectivity index (χ0) is 24.7. The summed E-state index contributed by atoms with van der Waals surface area (Å²) in [5.74, 6) is -1.85. The molecule has 0 aliphatic carbocycles. The van der Waals surface area contributed by atoms with Crippen LogP contribution in [0.1, 0.15) is 17.2 Å². The number of aliphatic hydroxyl groups is 1. The van der Waals surface area contributed by atoms with Gasteiger partial charge in [-0.2, -0.15) is 0 Å². The van der Waals surface area contributed by atoms with E-state index in [-0.39, 0.29) is 5.69 Å². The van der Waals surface area contributed by atoms with E-state index in [0.717, 1.165) is 28.7 Å². The molecule has 34 heavy (non-hydrogen) atoms. The highest BCUT2D eigenvalue weighted by atomic mass is 16.6. The summed E-state index contributed by atoms with van der Waals surface area (Å²) in [6.45, 7) is 1.81. The van der Waals surface area contributed by atoms with E-state index in [4.69, 9.17) is 0 Å². The van der Waals surface area contributed by atoms with Crippen LogP contribution in [0.25, 0.3) is 0 Å². The molecule has 176 valence electrons. The number of benzene rings is 2. The molecule has 0 bridgehead atoms. The lowest BCUT2D eigenvalue weighted by Crippen LogP contribution is -2.55. The van der Waals surface area contributed by atoms with Gasteiger partial charge in [0.05, 0.1) is 27.9 Å². The normalized spacial score (nSPS) is 23.0. The first-order valence-corrected chi connectivity index (χ1v) is 10.3. The van der Waals surface area contributed by atoms with E-state index in [2.05, 4.69) is 5.43 Å². The van der Waals surface area contributed by atoms with Crippen LogP contribution in [-0.2, 0) is 9.59 Å². The second kappa shape index (κ2) is 8.65. The first-order valence-electron chi connectivity index (χ1n) is 10.3. The van der Waals surface area contributed by atoms with E-state index in [1.165, 1.54) is 12.1 Å². The third-order valence-corrected chi connectivity index (χ3v) is 6.14. The predicted molar refractivity (Wildman–Crippen MR) is 119 cm³/mol. The number of nitro benzene ring substituents is 2. The minimum Gasteiger partial charge on any atom is -0.386 e. The van der Waals surface area contributed by atoms with Crippen LogP contribution >= 0.6 is 0 Å². The number of nitrogens with one attached hydrogen (secondary N) is 1. The lowest BCUT2D eigenvalue weighted by Gasteiger charge is -2.40. The van der Waals surface area contributed by atoms with Gasteiger partial charge in [0, 0.05) is 13.1 Å². The second-order valence-corrected chi connectivity index (χ2v) is 8.12. The fourth-order valence-corrected chi connectivity index (χ4v) is 4.33. The van der Waals surface area contributed by atoms with E-state index in [9.17, 15) is 34.9 Å². The Morgan fingerprint density at radius 2 is 1.74 bits per heavy atom. The number of carbonyl (C=O) groups is 2. The van der Waals surface area contributed by atoms with Gasteiger partial charge in [-0.05, 0) is 24.1 Å². The maximum absolute atomic E-state index is 13.0. The number of likely N-dealkylation sites (tertiary alicyclic amines) is 1. The van der Waals surface area contributed by atoms with Gasteiger partial charge in [-0.25, -0.2) is 5.01 Å². The van der Waals surface area contributed by atoms with E-state index >= 15 is 0 Å². The molecule has 0 aromatic heterocycles.